The van der Waals surface area contributed by atoms with Gasteiger partial charge in [0.15, 0.2) is 11.6 Å². The van der Waals surface area contributed by atoms with Crippen LogP contribution in [0.4, 0.5) is 4.39 Å². The number of nitrogens with one attached hydrogen (secondary N) is 1. The largest absolute Gasteiger partial charge is 0.494 e. The van der Waals surface area contributed by atoms with Crippen molar-refractivity contribution in [2.45, 2.75) is 13.0 Å². The fourth-order valence-corrected chi connectivity index (χ4v) is 2.59. The monoisotopic (exact) mass is 267 g/mol. The summed E-state index contributed by atoms with van der Waals surface area (Å²) in [6.07, 6.45) is 1.74. The molecule has 0 saturated heterocycles. The summed E-state index contributed by atoms with van der Waals surface area (Å²) >= 11 is 1.52. The number of halogens is 1. The summed E-state index contributed by atoms with van der Waals surface area (Å²) in [5.41, 5.74) is 3.41. The van der Waals surface area contributed by atoms with Crippen LogP contribution in [0.1, 0.15) is 21.5 Å². The lowest BCUT2D eigenvalue weighted by atomic mass is 10.1. The lowest BCUT2D eigenvalue weighted by Gasteiger charge is -2.15. The van der Waals surface area contributed by atoms with Crippen molar-refractivity contribution in [2.75, 3.05) is 7.11 Å². The predicted molar refractivity (Wildman–Crippen MR) is 69.0 cm³/mol. The molecule has 1 atom stereocenters. The molecule has 6 heteroatoms. The Labute approximate surface area is 109 Å². The highest BCUT2D eigenvalue weighted by Gasteiger charge is 2.16. The van der Waals surface area contributed by atoms with Gasteiger partial charge in [0, 0.05) is 11.1 Å². The van der Waals surface area contributed by atoms with Crippen LogP contribution in [0.15, 0.2) is 24.4 Å². The fourth-order valence-electron chi connectivity index (χ4n) is 1.72. The van der Waals surface area contributed by atoms with Crippen molar-refractivity contribution in [3.63, 3.8) is 0 Å². The van der Waals surface area contributed by atoms with Gasteiger partial charge >= 0.3 is 0 Å². The molecule has 0 bridgehead atoms. The molecule has 0 fully saturated rings. The first-order valence-corrected chi connectivity index (χ1v) is 6.19. The second-order valence-corrected chi connectivity index (χ2v) is 5.04. The van der Waals surface area contributed by atoms with Gasteiger partial charge in [-0.25, -0.2) is 14.8 Å². The van der Waals surface area contributed by atoms with Gasteiger partial charge in [0.05, 0.1) is 18.2 Å². The molecule has 3 N–H and O–H groups in total. The van der Waals surface area contributed by atoms with E-state index in [2.05, 4.69) is 10.4 Å². The maximum absolute atomic E-state index is 13.7. The highest BCUT2D eigenvalue weighted by Crippen LogP contribution is 2.28. The second kappa shape index (κ2) is 5.43. The molecule has 2 rings (SSSR count). The first kappa shape index (κ1) is 12.9. The van der Waals surface area contributed by atoms with E-state index in [9.17, 15) is 4.39 Å². The first-order valence-electron chi connectivity index (χ1n) is 5.37. The topological polar surface area (TPSA) is 60.2 Å². The Hall–Kier alpha value is -1.50. The Morgan fingerprint density at radius 2 is 2.28 bits per heavy atom. The number of aryl methyl sites for hydroxylation is 1. The van der Waals surface area contributed by atoms with Gasteiger partial charge in [0.2, 0.25) is 0 Å². The minimum absolute atomic E-state index is 0.218. The number of nitrogens with zero attached hydrogens (tertiary/aromatic N) is 1. The molecule has 1 aromatic carbocycles. The van der Waals surface area contributed by atoms with E-state index in [1.807, 2.05) is 6.92 Å². The molecule has 1 aromatic heterocycles. The molecule has 18 heavy (non-hydrogen) atoms. The quantitative estimate of drug-likeness (QED) is 0.658. The van der Waals surface area contributed by atoms with Gasteiger partial charge in [0.25, 0.3) is 0 Å². The van der Waals surface area contributed by atoms with E-state index in [0.29, 0.717) is 0 Å². The zero-order valence-corrected chi connectivity index (χ0v) is 10.9. The molecule has 1 heterocycles. The average molecular weight is 267 g/mol. The standard InChI is InChI=1S/C12H14FN3OS/c1-7-15-6-11(18-7)12(16-14)8-3-4-10(17-2)9(13)5-8/h3-6,12,16H,14H2,1-2H3. The summed E-state index contributed by atoms with van der Waals surface area (Å²) in [5.74, 6) is 5.35. The van der Waals surface area contributed by atoms with E-state index in [1.54, 1.807) is 18.3 Å². The van der Waals surface area contributed by atoms with E-state index in [1.165, 1.54) is 24.5 Å². The van der Waals surface area contributed by atoms with Gasteiger partial charge in [-0.15, -0.1) is 11.3 Å². The molecular formula is C12H14FN3OS. The number of thiazole rings is 1. The van der Waals surface area contributed by atoms with E-state index in [4.69, 9.17) is 10.6 Å². The van der Waals surface area contributed by atoms with Crippen molar-refractivity contribution in [1.29, 1.82) is 0 Å². The van der Waals surface area contributed by atoms with E-state index in [0.717, 1.165) is 15.4 Å². The van der Waals surface area contributed by atoms with Crippen molar-refractivity contribution in [3.05, 3.63) is 45.7 Å². The Bertz CT molecular complexity index is 544. The van der Waals surface area contributed by atoms with Gasteiger partial charge in [-0.1, -0.05) is 6.07 Å². The molecule has 1 unspecified atom stereocenters. The number of hydrazine groups is 1. The number of nitrogens with two attached hydrogens (primary N) is 1. The van der Waals surface area contributed by atoms with Crippen molar-refractivity contribution in [3.8, 4) is 5.75 Å². The summed E-state index contributed by atoms with van der Waals surface area (Å²) in [5, 5.41) is 0.944. The number of ether oxygens (including phenoxy) is 1. The Morgan fingerprint density at radius 3 is 2.78 bits per heavy atom. The normalized spacial score (nSPS) is 12.4. The maximum atomic E-state index is 13.7. The number of hydrogen-bond acceptors (Lipinski definition) is 5. The second-order valence-electron chi connectivity index (χ2n) is 3.78. The van der Waals surface area contributed by atoms with Gasteiger partial charge < -0.3 is 4.74 Å². The smallest absolute Gasteiger partial charge is 0.165 e. The first-order chi connectivity index (χ1) is 8.65. The summed E-state index contributed by atoms with van der Waals surface area (Å²) in [4.78, 5) is 5.12. The number of benzene rings is 1. The third-order valence-corrected chi connectivity index (χ3v) is 3.58. The van der Waals surface area contributed by atoms with E-state index < -0.39 is 5.82 Å². The van der Waals surface area contributed by atoms with Crippen LogP contribution in [-0.4, -0.2) is 12.1 Å². The zero-order valence-electron chi connectivity index (χ0n) is 10.1. The fraction of sp³-hybridized carbons (Fsp3) is 0.250. The average Bonchev–Trinajstić information content (AvgIpc) is 2.77. The minimum atomic E-state index is -0.406. The molecule has 0 radical (unpaired) electrons. The predicted octanol–water partition coefficient (Wildman–Crippen LogP) is 2.15. The van der Waals surface area contributed by atoms with Crippen LogP contribution in [0.25, 0.3) is 0 Å². The van der Waals surface area contributed by atoms with Crippen molar-refractivity contribution in [1.82, 2.24) is 10.4 Å². The van der Waals surface area contributed by atoms with Crippen LogP contribution >= 0.6 is 11.3 Å². The lowest BCUT2D eigenvalue weighted by Crippen LogP contribution is -2.28. The van der Waals surface area contributed by atoms with Gasteiger partial charge in [0.1, 0.15) is 0 Å². The van der Waals surface area contributed by atoms with Crippen LogP contribution in [-0.2, 0) is 0 Å². The van der Waals surface area contributed by atoms with Crippen molar-refractivity contribution >= 4 is 11.3 Å². The minimum Gasteiger partial charge on any atom is -0.494 e. The van der Waals surface area contributed by atoms with Crippen LogP contribution in [0, 0.1) is 12.7 Å². The molecule has 0 amide bonds. The molecule has 0 aliphatic carbocycles. The third kappa shape index (κ3) is 2.50. The molecule has 96 valence electrons. The zero-order chi connectivity index (χ0) is 13.1. The van der Waals surface area contributed by atoms with Crippen LogP contribution in [0.2, 0.25) is 0 Å². The van der Waals surface area contributed by atoms with Crippen molar-refractivity contribution in [2.24, 2.45) is 5.84 Å². The molecule has 0 aliphatic rings. The molecule has 2 aromatic rings. The van der Waals surface area contributed by atoms with E-state index >= 15 is 0 Å². The van der Waals surface area contributed by atoms with Gasteiger partial charge in [-0.2, -0.15) is 0 Å². The molecule has 4 nitrogen and oxygen atoms in total. The highest BCUT2D eigenvalue weighted by molar-refractivity contribution is 7.11. The van der Waals surface area contributed by atoms with Crippen LogP contribution < -0.4 is 16.0 Å². The molecule has 0 saturated carbocycles. The third-order valence-electron chi connectivity index (χ3n) is 2.60. The summed E-state index contributed by atoms with van der Waals surface area (Å²) < 4.78 is 18.5. The van der Waals surface area contributed by atoms with Gasteiger partial charge in [-0.3, -0.25) is 5.84 Å². The summed E-state index contributed by atoms with van der Waals surface area (Å²) in [6.45, 7) is 1.91. The van der Waals surface area contributed by atoms with Crippen LogP contribution in [0.5, 0.6) is 5.75 Å². The van der Waals surface area contributed by atoms with Crippen molar-refractivity contribution < 1.29 is 9.13 Å². The highest BCUT2D eigenvalue weighted by atomic mass is 32.1. The number of methoxy groups -OCH3 is 1. The Morgan fingerprint density at radius 1 is 1.50 bits per heavy atom. The Kier molecular flexibility index (Phi) is 3.90. The molecule has 0 aliphatic heterocycles. The van der Waals surface area contributed by atoms with Crippen LogP contribution in [0.3, 0.4) is 0 Å². The maximum Gasteiger partial charge on any atom is 0.165 e. The SMILES string of the molecule is COc1ccc(C(NN)c2cnc(C)s2)cc1F. The summed E-state index contributed by atoms with van der Waals surface area (Å²) in [6, 6.07) is 4.51. The number of hydrogen-bond donors (Lipinski definition) is 2. The molecule has 0 spiro atoms. The molecular weight excluding hydrogens is 253 g/mol. The van der Waals surface area contributed by atoms with Gasteiger partial charge in [-0.05, 0) is 24.6 Å². The number of aromatic nitrogens is 1. The number of rotatable bonds is 4. The Balaban J connectivity index is 2.36. The lowest BCUT2D eigenvalue weighted by molar-refractivity contribution is 0.386. The van der Waals surface area contributed by atoms with E-state index in [-0.39, 0.29) is 11.8 Å². The summed E-state index contributed by atoms with van der Waals surface area (Å²) in [7, 11) is 1.43.